The van der Waals surface area contributed by atoms with E-state index in [0.29, 0.717) is 12.2 Å². The molecule has 1 aliphatic rings. The molecule has 0 saturated carbocycles. The molecule has 5 heteroatoms. The summed E-state index contributed by atoms with van der Waals surface area (Å²) >= 11 is 0. The van der Waals surface area contributed by atoms with Crippen LogP contribution in [0.2, 0.25) is 0 Å². The third-order valence-corrected chi connectivity index (χ3v) is 2.50. The molecule has 0 bridgehead atoms. The molecule has 5 nitrogen and oxygen atoms in total. The van der Waals surface area contributed by atoms with Crippen LogP contribution in [0.15, 0.2) is 6.33 Å². The summed E-state index contributed by atoms with van der Waals surface area (Å²) in [6.07, 6.45) is 2.82. The molecule has 1 N–H and O–H groups in total. The van der Waals surface area contributed by atoms with Crippen molar-refractivity contribution in [2.75, 3.05) is 6.61 Å². The minimum Gasteiger partial charge on any atom is -0.476 e. The quantitative estimate of drug-likeness (QED) is 0.772. The highest BCUT2D eigenvalue weighted by Crippen LogP contribution is 2.15. The van der Waals surface area contributed by atoms with Crippen molar-refractivity contribution < 1.29 is 14.6 Å². The van der Waals surface area contributed by atoms with Crippen LogP contribution in [0, 0.1) is 6.92 Å². The standard InChI is InChI=1S/C9H12N2O3/c1-6-8(9(12)13)10-5-11(6)4-7-2-3-14-7/h5,7H,2-4H2,1H3,(H,12,13)/t7-/m0/s1. The molecular weight excluding hydrogens is 184 g/mol. The van der Waals surface area contributed by atoms with Gasteiger partial charge in [0.15, 0.2) is 5.69 Å². The number of hydrogen-bond donors (Lipinski definition) is 1. The fourth-order valence-electron chi connectivity index (χ4n) is 1.49. The van der Waals surface area contributed by atoms with E-state index in [4.69, 9.17) is 9.84 Å². The highest BCUT2D eigenvalue weighted by atomic mass is 16.5. The highest BCUT2D eigenvalue weighted by Gasteiger charge is 2.21. The number of carbonyl (C=O) groups is 1. The number of aromatic nitrogens is 2. The Balaban J connectivity index is 2.13. The average molecular weight is 196 g/mol. The zero-order valence-corrected chi connectivity index (χ0v) is 7.93. The topological polar surface area (TPSA) is 64.3 Å². The second-order valence-corrected chi connectivity index (χ2v) is 3.42. The zero-order chi connectivity index (χ0) is 10.1. The molecule has 2 heterocycles. The molecule has 0 spiro atoms. The molecule has 1 aromatic heterocycles. The Labute approximate surface area is 81.3 Å². The number of rotatable bonds is 3. The first-order valence-corrected chi connectivity index (χ1v) is 4.55. The summed E-state index contributed by atoms with van der Waals surface area (Å²) in [5.41, 5.74) is 0.817. The zero-order valence-electron chi connectivity index (χ0n) is 7.93. The SMILES string of the molecule is Cc1c(C(=O)O)ncn1C[C@@H]1CCO1. The number of ether oxygens (including phenoxy) is 1. The van der Waals surface area contributed by atoms with E-state index < -0.39 is 5.97 Å². The number of imidazole rings is 1. The first kappa shape index (κ1) is 9.21. The van der Waals surface area contributed by atoms with Gasteiger partial charge in [-0.2, -0.15) is 0 Å². The molecule has 1 saturated heterocycles. The van der Waals surface area contributed by atoms with Crippen LogP contribution in [-0.2, 0) is 11.3 Å². The molecule has 1 aromatic rings. The second-order valence-electron chi connectivity index (χ2n) is 3.42. The molecule has 0 unspecified atom stereocenters. The Morgan fingerprint density at radius 3 is 3.00 bits per heavy atom. The van der Waals surface area contributed by atoms with Gasteiger partial charge in [0.25, 0.3) is 0 Å². The lowest BCUT2D eigenvalue weighted by Crippen LogP contribution is -2.31. The van der Waals surface area contributed by atoms with Crippen molar-refractivity contribution in [3.8, 4) is 0 Å². The largest absolute Gasteiger partial charge is 0.476 e. The Kier molecular flexibility index (Phi) is 2.25. The number of nitrogens with zero attached hydrogens (tertiary/aromatic N) is 2. The van der Waals surface area contributed by atoms with Gasteiger partial charge in [0.1, 0.15) is 0 Å². The molecule has 0 amide bonds. The van der Waals surface area contributed by atoms with Gasteiger partial charge in [-0.1, -0.05) is 0 Å². The molecular formula is C9H12N2O3. The van der Waals surface area contributed by atoms with Crippen LogP contribution < -0.4 is 0 Å². The maximum atomic E-state index is 10.7. The van der Waals surface area contributed by atoms with Gasteiger partial charge in [-0.25, -0.2) is 9.78 Å². The van der Waals surface area contributed by atoms with Gasteiger partial charge in [-0.15, -0.1) is 0 Å². The molecule has 0 aromatic carbocycles. The van der Waals surface area contributed by atoms with E-state index in [1.165, 1.54) is 0 Å². The number of aromatic carboxylic acids is 1. The van der Waals surface area contributed by atoms with Gasteiger partial charge in [-0.3, -0.25) is 0 Å². The highest BCUT2D eigenvalue weighted by molar-refractivity contribution is 5.86. The van der Waals surface area contributed by atoms with Crippen molar-refractivity contribution in [2.45, 2.75) is 26.0 Å². The predicted molar refractivity (Wildman–Crippen MR) is 48.3 cm³/mol. The molecule has 1 aliphatic heterocycles. The van der Waals surface area contributed by atoms with Gasteiger partial charge in [0.05, 0.1) is 19.0 Å². The number of carboxylic acids is 1. The fourth-order valence-corrected chi connectivity index (χ4v) is 1.49. The number of hydrogen-bond acceptors (Lipinski definition) is 3. The van der Waals surface area contributed by atoms with Gasteiger partial charge in [-0.05, 0) is 13.3 Å². The van der Waals surface area contributed by atoms with Gasteiger partial charge < -0.3 is 14.4 Å². The van der Waals surface area contributed by atoms with Gasteiger partial charge in [0, 0.05) is 12.3 Å². The van der Waals surface area contributed by atoms with Crippen molar-refractivity contribution in [1.82, 2.24) is 9.55 Å². The lowest BCUT2D eigenvalue weighted by atomic mass is 10.2. The Morgan fingerprint density at radius 2 is 2.57 bits per heavy atom. The third kappa shape index (κ3) is 1.50. The van der Waals surface area contributed by atoms with Crippen LogP contribution in [0.25, 0.3) is 0 Å². The first-order chi connectivity index (χ1) is 6.68. The Bertz CT molecular complexity index is 355. The molecule has 1 atom stereocenters. The van der Waals surface area contributed by atoms with E-state index in [1.807, 2.05) is 4.57 Å². The van der Waals surface area contributed by atoms with Crippen LogP contribution in [0.3, 0.4) is 0 Å². The van der Waals surface area contributed by atoms with Crippen LogP contribution in [0.5, 0.6) is 0 Å². The third-order valence-electron chi connectivity index (χ3n) is 2.50. The number of carboxylic acid groups (broad SMARTS) is 1. The summed E-state index contributed by atoms with van der Waals surface area (Å²) in [5.74, 6) is -0.976. The fraction of sp³-hybridized carbons (Fsp3) is 0.556. The van der Waals surface area contributed by atoms with Crippen LogP contribution in [0.4, 0.5) is 0 Å². The van der Waals surface area contributed by atoms with Crippen molar-refractivity contribution in [1.29, 1.82) is 0 Å². The molecule has 2 rings (SSSR count). The maximum absolute atomic E-state index is 10.7. The van der Waals surface area contributed by atoms with Crippen LogP contribution in [-0.4, -0.2) is 33.3 Å². The summed E-state index contributed by atoms with van der Waals surface area (Å²) < 4.78 is 7.09. The second kappa shape index (κ2) is 3.42. The first-order valence-electron chi connectivity index (χ1n) is 4.55. The average Bonchev–Trinajstić information content (AvgIpc) is 2.40. The van der Waals surface area contributed by atoms with E-state index in [2.05, 4.69) is 4.98 Å². The monoisotopic (exact) mass is 196 g/mol. The lowest BCUT2D eigenvalue weighted by molar-refractivity contribution is -0.0594. The van der Waals surface area contributed by atoms with Crippen molar-refractivity contribution in [3.63, 3.8) is 0 Å². The molecule has 14 heavy (non-hydrogen) atoms. The normalized spacial score (nSPS) is 20.5. The van der Waals surface area contributed by atoms with Crippen molar-refractivity contribution >= 4 is 5.97 Å². The summed E-state index contributed by atoms with van der Waals surface area (Å²) in [7, 11) is 0. The minimum absolute atomic E-state index is 0.129. The lowest BCUT2D eigenvalue weighted by Gasteiger charge is -2.26. The minimum atomic E-state index is -0.976. The maximum Gasteiger partial charge on any atom is 0.356 e. The Morgan fingerprint density at radius 1 is 1.86 bits per heavy atom. The van der Waals surface area contributed by atoms with E-state index in [-0.39, 0.29) is 11.8 Å². The Hall–Kier alpha value is -1.36. The molecule has 0 aliphatic carbocycles. The van der Waals surface area contributed by atoms with E-state index in [1.54, 1.807) is 13.3 Å². The summed E-state index contributed by atoms with van der Waals surface area (Å²) in [4.78, 5) is 14.5. The predicted octanol–water partition coefficient (Wildman–Crippen LogP) is 0.679. The molecule has 0 radical (unpaired) electrons. The van der Waals surface area contributed by atoms with Crippen LogP contribution >= 0.6 is 0 Å². The van der Waals surface area contributed by atoms with E-state index in [0.717, 1.165) is 13.0 Å². The molecule has 76 valence electrons. The van der Waals surface area contributed by atoms with E-state index >= 15 is 0 Å². The summed E-state index contributed by atoms with van der Waals surface area (Å²) in [6, 6.07) is 0. The summed E-state index contributed by atoms with van der Waals surface area (Å²) in [5, 5.41) is 8.78. The van der Waals surface area contributed by atoms with Crippen molar-refractivity contribution in [3.05, 3.63) is 17.7 Å². The summed E-state index contributed by atoms with van der Waals surface area (Å²) in [6.45, 7) is 3.27. The smallest absolute Gasteiger partial charge is 0.356 e. The van der Waals surface area contributed by atoms with Gasteiger partial charge >= 0.3 is 5.97 Å². The van der Waals surface area contributed by atoms with Crippen LogP contribution in [0.1, 0.15) is 22.6 Å². The van der Waals surface area contributed by atoms with Crippen molar-refractivity contribution in [2.24, 2.45) is 0 Å². The molecule has 1 fully saturated rings. The van der Waals surface area contributed by atoms with E-state index in [9.17, 15) is 4.79 Å². The van der Waals surface area contributed by atoms with Gasteiger partial charge in [0.2, 0.25) is 0 Å².